The second-order valence-corrected chi connectivity index (χ2v) is 4.86. The van der Waals surface area contributed by atoms with Crippen LogP contribution in [0.1, 0.15) is 11.1 Å². The van der Waals surface area contributed by atoms with Crippen molar-refractivity contribution in [3.8, 4) is 16.9 Å². The predicted octanol–water partition coefficient (Wildman–Crippen LogP) is 2.28. The van der Waals surface area contributed by atoms with E-state index in [2.05, 4.69) is 5.27 Å². The van der Waals surface area contributed by atoms with Crippen molar-refractivity contribution in [3.05, 3.63) is 65.2 Å². The SMILES string of the molecule is Cc1ccc(-c2c(=N)o[n-][n+]2-c2ccc(C)cc2)cc1. The van der Waals surface area contributed by atoms with E-state index in [9.17, 15) is 0 Å². The Bertz CT molecular complexity index is 780. The van der Waals surface area contributed by atoms with Gasteiger partial charge < -0.3 is 4.52 Å². The molecule has 0 aliphatic heterocycles. The first-order valence-electron chi connectivity index (χ1n) is 6.43. The van der Waals surface area contributed by atoms with E-state index in [4.69, 9.17) is 9.93 Å². The van der Waals surface area contributed by atoms with E-state index in [1.165, 1.54) is 11.1 Å². The fraction of sp³-hybridized carbons (Fsp3) is 0.125. The highest BCUT2D eigenvalue weighted by atomic mass is 16.5. The molecule has 2 aromatic carbocycles. The Morgan fingerprint density at radius 2 is 1.45 bits per heavy atom. The zero-order valence-electron chi connectivity index (χ0n) is 11.4. The average molecular weight is 265 g/mol. The van der Waals surface area contributed by atoms with Crippen LogP contribution in [-0.4, -0.2) is 0 Å². The maximum absolute atomic E-state index is 7.92. The van der Waals surface area contributed by atoms with E-state index in [0.29, 0.717) is 5.69 Å². The summed E-state index contributed by atoms with van der Waals surface area (Å²) in [5, 5.41) is 11.9. The molecule has 3 rings (SSSR count). The topological polar surface area (TPSA) is 55.0 Å². The lowest BCUT2D eigenvalue weighted by atomic mass is 10.1. The fourth-order valence-corrected chi connectivity index (χ4v) is 2.09. The standard InChI is InChI=1S/C16H15N3O/c1-11-3-7-13(8-4-11)15-16(17)20-18-19(15)14-9-5-12(2)6-10-14/h3-10,17H,1-2H3. The van der Waals surface area contributed by atoms with Crippen molar-refractivity contribution in [1.29, 1.82) is 5.41 Å². The predicted molar refractivity (Wildman–Crippen MR) is 74.3 cm³/mol. The third-order valence-corrected chi connectivity index (χ3v) is 3.24. The minimum Gasteiger partial charge on any atom is -0.486 e. The largest absolute Gasteiger partial charge is 0.486 e. The summed E-state index contributed by atoms with van der Waals surface area (Å²) in [6, 6.07) is 15.9. The fourth-order valence-electron chi connectivity index (χ4n) is 2.09. The van der Waals surface area contributed by atoms with Crippen LogP contribution in [-0.2, 0) is 0 Å². The van der Waals surface area contributed by atoms with E-state index in [1.54, 1.807) is 4.68 Å². The Kier molecular flexibility index (Phi) is 2.99. The molecule has 0 saturated heterocycles. The van der Waals surface area contributed by atoms with Crippen molar-refractivity contribution in [2.45, 2.75) is 13.8 Å². The van der Waals surface area contributed by atoms with Crippen LogP contribution in [0.15, 0.2) is 53.1 Å². The number of nitrogens with zero attached hydrogens (tertiary/aromatic N) is 2. The molecule has 4 nitrogen and oxygen atoms in total. The minimum atomic E-state index is 0.0643. The monoisotopic (exact) mass is 265 g/mol. The summed E-state index contributed by atoms with van der Waals surface area (Å²) in [6.45, 7) is 4.07. The van der Waals surface area contributed by atoms with Crippen LogP contribution in [0.4, 0.5) is 0 Å². The van der Waals surface area contributed by atoms with E-state index in [0.717, 1.165) is 11.3 Å². The minimum absolute atomic E-state index is 0.0643. The summed E-state index contributed by atoms with van der Waals surface area (Å²) >= 11 is 0. The third-order valence-electron chi connectivity index (χ3n) is 3.24. The Hall–Kier alpha value is -2.62. The average Bonchev–Trinajstić information content (AvgIpc) is 2.83. The van der Waals surface area contributed by atoms with Gasteiger partial charge in [-0.15, -0.1) is 0 Å². The van der Waals surface area contributed by atoms with E-state index in [1.807, 2.05) is 62.4 Å². The summed E-state index contributed by atoms with van der Waals surface area (Å²) in [6.07, 6.45) is 0. The molecular formula is C16H15N3O. The van der Waals surface area contributed by atoms with Gasteiger partial charge in [0.25, 0.3) is 11.2 Å². The second kappa shape index (κ2) is 4.81. The zero-order chi connectivity index (χ0) is 14.1. The molecule has 20 heavy (non-hydrogen) atoms. The number of nitrogens with one attached hydrogen (secondary N) is 1. The first kappa shape index (κ1) is 12.4. The van der Waals surface area contributed by atoms with Gasteiger partial charge in [-0.1, -0.05) is 35.4 Å². The number of hydrogen-bond donors (Lipinski definition) is 1. The van der Waals surface area contributed by atoms with Crippen molar-refractivity contribution >= 4 is 0 Å². The van der Waals surface area contributed by atoms with E-state index in [-0.39, 0.29) is 5.55 Å². The van der Waals surface area contributed by atoms with Crippen molar-refractivity contribution in [2.24, 2.45) is 0 Å². The maximum atomic E-state index is 7.92. The van der Waals surface area contributed by atoms with Gasteiger partial charge in [0.05, 0.1) is 5.56 Å². The second-order valence-electron chi connectivity index (χ2n) is 4.86. The van der Waals surface area contributed by atoms with E-state index >= 15 is 0 Å². The smallest absolute Gasteiger partial charge is 0.274 e. The molecule has 4 heteroatoms. The van der Waals surface area contributed by atoms with Gasteiger partial charge in [-0.05, 0) is 26.0 Å². The molecule has 0 aliphatic rings. The van der Waals surface area contributed by atoms with Crippen LogP contribution < -0.4 is 15.5 Å². The highest BCUT2D eigenvalue weighted by Crippen LogP contribution is 2.14. The van der Waals surface area contributed by atoms with Crippen molar-refractivity contribution in [1.82, 2.24) is 5.27 Å². The highest BCUT2D eigenvalue weighted by Gasteiger charge is 2.16. The Labute approximate surface area is 116 Å². The molecule has 1 N–H and O–H groups in total. The van der Waals surface area contributed by atoms with Crippen LogP contribution in [0, 0.1) is 19.3 Å². The van der Waals surface area contributed by atoms with Crippen molar-refractivity contribution in [2.75, 3.05) is 0 Å². The van der Waals surface area contributed by atoms with Gasteiger partial charge in [-0.2, -0.15) is 4.68 Å². The molecule has 1 heterocycles. The quantitative estimate of drug-likeness (QED) is 0.723. The van der Waals surface area contributed by atoms with Crippen LogP contribution in [0.2, 0.25) is 0 Å². The summed E-state index contributed by atoms with van der Waals surface area (Å²) in [5.74, 6) is 0. The highest BCUT2D eigenvalue weighted by molar-refractivity contribution is 5.55. The van der Waals surface area contributed by atoms with Crippen molar-refractivity contribution < 1.29 is 9.20 Å². The lowest BCUT2D eigenvalue weighted by Gasteiger charge is -2.02. The number of aromatic nitrogens is 2. The summed E-state index contributed by atoms with van der Waals surface area (Å²) in [4.78, 5) is 0. The molecule has 0 radical (unpaired) electrons. The van der Waals surface area contributed by atoms with Gasteiger partial charge in [0.1, 0.15) is 0 Å². The molecule has 100 valence electrons. The van der Waals surface area contributed by atoms with Crippen LogP contribution in [0.3, 0.4) is 0 Å². The lowest BCUT2D eigenvalue weighted by molar-refractivity contribution is -0.666. The lowest BCUT2D eigenvalue weighted by Crippen LogP contribution is -2.37. The Balaban J connectivity index is 2.17. The van der Waals surface area contributed by atoms with E-state index < -0.39 is 0 Å². The molecule has 0 spiro atoms. The molecule has 0 aliphatic carbocycles. The van der Waals surface area contributed by atoms with Crippen LogP contribution in [0.25, 0.3) is 16.9 Å². The number of aryl methyl sites for hydroxylation is 2. The Morgan fingerprint density at radius 1 is 0.900 bits per heavy atom. The van der Waals surface area contributed by atoms with Crippen LogP contribution in [0.5, 0.6) is 0 Å². The third kappa shape index (κ3) is 2.16. The van der Waals surface area contributed by atoms with Gasteiger partial charge in [0.2, 0.25) is 5.69 Å². The first-order chi connectivity index (χ1) is 9.65. The molecule has 0 unspecified atom stereocenters. The normalized spacial score (nSPS) is 10.7. The van der Waals surface area contributed by atoms with Gasteiger partial charge in [0.15, 0.2) is 0 Å². The molecule has 0 amide bonds. The summed E-state index contributed by atoms with van der Waals surface area (Å²) in [7, 11) is 0. The van der Waals surface area contributed by atoms with Gasteiger partial charge in [0, 0.05) is 12.1 Å². The molecule has 0 atom stereocenters. The summed E-state index contributed by atoms with van der Waals surface area (Å²) < 4.78 is 6.70. The molecule has 0 bridgehead atoms. The molecule has 1 aromatic heterocycles. The van der Waals surface area contributed by atoms with Gasteiger partial charge in [-0.25, -0.2) is 5.27 Å². The molecule has 3 aromatic rings. The number of rotatable bonds is 2. The number of hydrogen-bond acceptors (Lipinski definition) is 2. The maximum Gasteiger partial charge on any atom is 0.274 e. The first-order valence-corrected chi connectivity index (χ1v) is 6.43. The molecule has 0 saturated carbocycles. The van der Waals surface area contributed by atoms with Gasteiger partial charge >= 0.3 is 0 Å². The molecule has 0 fully saturated rings. The zero-order valence-corrected chi connectivity index (χ0v) is 11.4. The number of benzene rings is 2. The van der Waals surface area contributed by atoms with Crippen LogP contribution >= 0.6 is 0 Å². The summed E-state index contributed by atoms with van der Waals surface area (Å²) in [5.41, 5.74) is 4.89. The van der Waals surface area contributed by atoms with Gasteiger partial charge in [-0.3, -0.25) is 5.41 Å². The Morgan fingerprint density at radius 3 is 2.05 bits per heavy atom. The van der Waals surface area contributed by atoms with Crippen molar-refractivity contribution in [3.63, 3.8) is 0 Å². The molecular weight excluding hydrogens is 250 g/mol.